The van der Waals surface area contributed by atoms with E-state index in [2.05, 4.69) is 35.6 Å². The average Bonchev–Trinajstić information content (AvgIpc) is 3.14. The molecule has 0 aromatic heterocycles. The van der Waals surface area contributed by atoms with Gasteiger partial charge >= 0.3 is 12.1 Å². The maximum atomic E-state index is 13.2. The van der Waals surface area contributed by atoms with Crippen molar-refractivity contribution < 1.29 is 38.0 Å². The van der Waals surface area contributed by atoms with Crippen LogP contribution in [-0.2, 0) is 36.8 Å². The summed E-state index contributed by atoms with van der Waals surface area (Å²) in [6, 6.07) is 22.4. The zero-order valence-electron chi connectivity index (χ0n) is 30.8. The first-order valence-corrected chi connectivity index (χ1v) is 18.1. The van der Waals surface area contributed by atoms with Crippen LogP contribution in [0.4, 0.5) is 10.5 Å². The van der Waals surface area contributed by atoms with Crippen LogP contribution in [0, 0.1) is 0 Å². The van der Waals surface area contributed by atoms with Crippen LogP contribution in [0.2, 0.25) is 0 Å². The lowest BCUT2D eigenvalue weighted by atomic mass is 9.86. The predicted molar refractivity (Wildman–Crippen MR) is 196 cm³/mol. The number of amides is 1. The number of methoxy groups -OCH3 is 2. The molecule has 2 heterocycles. The van der Waals surface area contributed by atoms with E-state index < -0.39 is 5.60 Å². The molecule has 51 heavy (non-hydrogen) atoms. The summed E-state index contributed by atoms with van der Waals surface area (Å²) >= 11 is 0. The Morgan fingerprint density at radius 2 is 1.80 bits per heavy atom. The van der Waals surface area contributed by atoms with Gasteiger partial charge in [0, 0.05) is 43.1 Å². The monoisotopic (exact) mass is 702 g/mol. The molecule has 1 saturated heterocycles. The summed E-state index contributed by atoms with van der Waals surface area (Å²) in [7, 11) is 3.07. The lowest BCUT2D eigenvalue weighted by Gasteiger charge is -2.40. The van der Waals surface area contributed by atoms with Crippen molar-refractivity contribution in [1.29, 1.82) is 0 Å². The highest BCUT2D eigenvalue weighted by atomic mass is 16.6. The molecule has 1 N–H and O–H groups in total. The number of ether oxygens (including phenoxy) is 6. The molecule has 0 saturated carbocycles. The summed E-state index contributed by atoms with van der Waals surface area (Å²) in [5, 5.41) is 3.52. The Labute approximate surface area is 302 Å². The Morgan fingerprint density at radius 3 is 2.57 bits per heavy atom. The summed E-state index contributed by atoms with van der Waals surface area (Å²) in [6.07, 6.45) is 3.18. The van der Waals surface area contributed by atoms with Crippen LogP contribution < -0.4 is 14.8 Å². The molecule has 0 bridgehead atoms. The third-order valence-corrected chi connectivity index (χ3v) is 9.29. The van der Waals surface area contributed by atoms with Crippen molar-refractivity contribution in [2.24, 2.45) is 0 Å². The Kier molecular flexibility index (Phi) is 13.6. The largest absolute Gasteiger partial charge is 0.496 e. The van der Waals surface area contributed by atoms with Gasteiger partial charge in [-0.15, -0.1) is 0 Å². The van der Waals surface area contributed by atoms with Gasteiger partial charge in [-0.25, -0.2) is 4.79 Å². The van der Waals surface area contributed by atoms with Crippen LogP contribution in [0.25, 0.3) is 0 Å². The molecule has 0 spiro atoms. The van der Waals surface area contributed by atoms with Gasteiger partial charge in [0.25, 0.3) is 0 Å². The van der Waals surface area contributed by atoms with E-state index in [-0.39, 0.29) is 36.6 Å². The SMILES string of the molecule is COC(=O)CCC(OC1CN(C(=O)OC(C)(C)C)CCC1c1ccc(OCCCOCc2ccccc2OC)cc1)c1ccc2c(c1)NCCC2. The number of likely N-dealkylation sites (tertiary alicyclic amines) is 1. The molecule has 0 radical (unpaired) electrons. The molecule has 2 aliphatic heterocycles. The Hall–Kier alpha value is -4.28. The number of hydrogen-bond donors (Lipinski definition) is 1. The van der Waals surface area contributed by atoms with Gasteiger partial charge in [0.15, 0.2) is 0 Å². The minimum absolute atomic E-state index is 0.0116. The Balaban J connectivity index is 1.26. The van der Waals surface area contributed by atoms with Crippen LogP contribution in [0.5, 0.6) is 11.5 Å². The number of fused-ring (bicyclic) bond motifs is 1. The number of anilines is 1. The molecule has 276 valence electrons. The maximum Gasteiger partial charge on any atom is 0.410 e. The Bertz CT molecular complexity index is 1570. The summed E-state index contributed by atoms with van der Waals surface area (Å²) in [4.78, 5) is 27.3. The minimum Gasteiger partial charge on any atom is -0.496 e. The highest BCUT2D eigenvalue weighted by Gasteiger charge is 2.37. The Morgan fingerprint density at radius 1 is 1.00 bits per heavy atom. The molecule has 3 aromatic carbocycles. The number of benzene rings is 3. The third-order valence-electron chi connectivity index (χ3n) is 9.29. The number of nitrogens with one attached hydrogen (secondary N) is 1. The molecule has 3 atom stereocenters. The summed E-state index contributed by atoms with van der Waals surface area (Å²) in [5.74, 6) is 1.33. The van der Waals surface area contributed by atoms with Crippen molar-refractivity contribution in [3.05, 3.63) is 89.0 Å². The number of rotatable bonds is 15. The fourth-order valence-electron chi connectivity index (χ4n) is 6.65. The van der Waals surface area contributed by atoms with Crippen LogP contribution in [0.1, 0.15) is 87.2 Å². The van der Waals surface area contributed by atoms with Gasteiger partial charge in [0.05, 0.1) is 52.8 Å². The highest BCUT2D eigenvalue weighted by Crippen LogP contribution is 2.38. The second-order valence-electron chi connectivity index (χ2n) is 14.2. The molecule has 10 heteroatoms. The molecule has 0 aliphatic carbocycles. The fraction of sp³-hybridized carbons (Fsp3) is 0.512. The number of carbonyl (C=O) groups is 2. The molecule has 3 aromatic rings. The van der Waals surface area contributed by atoms with Crippen molar-refractivity contribution in [1.82, 2.24) is 4.90 Å². The summed E-state index contributed by atoms with van der Waals surface area (Å²) in [6.45, 7) is 9.04. The first kappa shape index (κ1) is 38.0. The lowest BCUT2D eigenvalue weighted by Crippen LogP contribution is -2.48. The number of para-hydroxylation sites is 1. The van der Waals surface area contributed by atoms with E-state index in [0.29, 0.717) is 45.8 Å². The summed E-state index contributed by atoms with van der Waals surface area (Å²) in [5.41, 5.74) is 4.91. The highest BCUT2D eigenvalue weighted by molar-refractivity contribution is 5.69. The standard InChI is InChI=1S/C41H54N2O8/c1-41(2,3)51-40(45)43-23-21-34(29-15-17-33(18-16-29)49-25-9-24-48-28-32-10-6-7-12-36(32)46-4)38(27-43)50-37(19-20-39(44)47-5)31-14-13-30-11-8-22-42-35(30)26-31/h6-7,10,12-18,26,34,37-38,42H,8-9,11,19-25,27-28H2,1-5H3. The van der Waals surface area contributed by atoms with E-state index in [9.17, 15) is 9.59 Å². The van der Waals surface area contributed by atoms with E-state index in [1.165, 1.54) is 12.7 Å². The second kappa shape index (κ2) is 18.3. The fourth-order valence-corrected chi connectivity index (χ4v) is 6.65. The van der Waals surface area contributed by atoms with E-state index in [1.807, 2.05) is 57.2 Å². The molecule has 1 fully saturated rings. The molecular formula is C41H54N2O8. The summed E-state index contributed by atoms with van der Waals surface area (Å²) < 4.78 is 35.0. The number of nitrogens with zero attached hydrogens (tertiary/aromatic N) is 1. The molecular weight excluding hydrogens is 648 g/mol. The second-order valence-corrected chi connectivity index (χ2v) is 14.2. The molecule has 3 unspecified atom stereocenters. The van der Waals surface area contributed by atoms with Gasteiger partial charge in [-0.05, 0) is 87.4 Å². The smallest absolute Gasteiger partial charge is 0.410 e. The first-order chi connectivity index (χ1) is 24.6. The average molecular weight is 703 g/mol. The number of esters is 1. The number of hydrogen-bond acceptors (Lipinski definition) is 9. The van der Waals surface area contributed by atoms with Crippen LogP contribution in [-0.4, -0.2) is 75.7 Å². The van der Waals surface area contributed by atoms with Gasteiger partial charge in [0.2, 0.25) is 0 Å². The van der Waals surface area contributed by atoms with E-state index in [4.69, 9.17) is 28.4 Å². The maximum absolute atomic E-state index is 13.2. The zero-order valence-corrected chi connectivity index (χ0v) is 30.8. The first-order valence-electron chi connectivity index (χ1n) is 18.1. The van der Waals surface area contributed by atoms with Gasteiger partial charge in [-0.1, -0.05) is 42.5 Å². The number of aryl methyl sites for hydroxylation is 1. The van der Waals surface area contributed by atoms with Gasteiger partial charge in [-0.3, -0.25) is 4.79 Å². The van der Waals surface area contributed by atoms with Crippen LogP contribution in [0.15, 0.2) is 66.7 Å². The number of carbonyl (C=O) groups excluding carboxylic acids is 2. The van der Waals surface area contributed by atoms with Crippen molar-refractivity contribution in [2.75, 3.05) is 52.4 Å². The minimum atomic E-state index is -0.610. The molecule has 5 rings (SSSR count). The third kappa shape index (κ3) is 11.1. The predicted octanol–water partition coefficient (Wildman–Crippen LogP) is 7.84. The van der Waals surface area contributed by atoms with Gasteiger partial charge in [0.1, 0.15) is 17.1 Å². The molecule has 10 nitrogen and oxygen atoms in total. The van der Waals surface area contributed by atoms with E-state index >= 15 is 0 Å². The molecule has 1 amide bonds. The quantitative estimate of drug-likeness (QED) is 0.125. The van der Waals surface area contributed by atoms with E-state index in [0.717, 1.165) is 59.7 Å². The van der Waals surface area contributed by atoms with Gasteiger partial charge in [-0.2, -0.15) is 0 Å². The van der Waals surface area contributed by atoms with Crippen LogP contribution >= 0.6 is 0 Å². The van der Waals surface area contributed by atoms with Crippen molar-refractivity contribution in [2.45, 2.75) is 89.6 Å². The van der Waals surface area contributed by atoms with Crippen molar-refractivity contribution in [3.8, 4) is 11.5 Å². The van der Waals surface area contributed by atoms with Crippen molar-refractivity contribution in [3.63, 3.8) is 0 Å². The van der Waals surface area contributed by atoms with E-state index in [1.54, 1.807) is 12.0 Å². The van der Waals surface area contributed by atoms with Crippen molar-refractivity contribution >= 4 is 17.7 Å². The lowest BCUT2D eigenvalue weighted by molar-refractivity contribution is -0.142. The normalized spacial score (nSPS) is 17.9. The number of piperidine rings is 1. The zero-order chi connectivity index (χ0) is 36.2. The van der Waals surface area contributed by atoms with Gasteiger partial charge < -0.3 is 38.6 Å². The molecule has 2 aliphatic rings. The topological polar surface area (TPSA) is 105 Å². The van der Waals surface area contributed by atoms with Crippen LogP contribution in [0.3, 0.4) is 0 Å².